The van der Waals surface area contributed by atoms with Gasteiger partial charge in [0.2, 0.25) is 11.7 Å². The quantitative estimate of drug-likeness (QED) is 0.921. The van der Waals surface area contributed by atoms with Crippen LogP contribution >= 0.6 is 27.3 Å². The molecule has 6 heteroatoms. The van der Waals surface area contributed by atoms with Gasteiger partial charge in [-0.05, 0) is 46.8 Å². The number of nitrogens with zero attached hydrogens (tertiary/aromatic N) is 2. The monoisotopic (exact) mass is 342 g/mol. The highest BCUT2D eigenvalue weighted by molar-refractivity contribution is 9.11. The third kappa shape index (κ3) is 3.07. The summed E-state index contributed by atoms with van der Waals surface area (Å²) < 4.78 is 6.27. The Morgan fingerprint density at radius 3 is 2.89 bits per heavy atom. The first-order chi connectivity index (χ1) is 9.22. The molecular formula is C13H15BrN2O2S. The van der Waals surface area contributed by atoms with E-state index in [1.165, 1.54) is 12.8 Å². The molecule has 1 saturated carbocycles. The second-order valence-corrected chi connectivity index (χ2v) is 7.39. The molecule has 1 unspecified atom stereocenters. The molecule has 1 atom stereocenters. The van der Waals surface area contributed by atoms with E-state index >= 15 is 0 Å². The first-order valence-corrected chi connectivity index (χ1v) is 8.09. The molecule has 0 aromatic carbocycles. The molecule has 102 valence electrons. The molecule has 3 rings (SSSR count). The van der Waals surface area contributed by atoms with Crippen molar-refractivity contribution in [1.82, 2.24) is 10.1 Å². The fourth-order valence-corrected chi connectivity index (χ4v) is 3.87. The van der Waals surface area contributed by atoms with Gasteiger partial charge in [-0.15, -0.1) is 11.3 Å². The summed E-state index contributed by atoms with van der Waals surface area (Å²) >= 11 is 4.98. The lowest BCUT2D eigenvalue weighted by Gasteiger charge is -2.14. The predicted molar refractivity (Wildman–Crippen MR) is 77.0 cm³/mol. The van der Waals surface area contributed by atoms with E-state index in [1.807, 2.05) is 12.1 Å². The van der Waals surface area contributed by atoms with Gasteiger partial charge < -0.3 is 9.63 Å². The van der Waals surface area contributed by atoms with Gasteiger partial charge >= 0.3 is 0 Å². The molecule has 1 aliphatic carbocycles. The highest BCUT2D eigenvalue weighted by Gasteiger charge is 2.25. The number of aliphatic hydroxyl groups excluding tert-OH is 1. The number of halogens is 1. The van der Waals surface area contributed by atoms with Crippen molar-refractivity contribution in [3.63, 3.8) is 0 Å². The maximum absolute atomic E-state index is 10.2. The summed E-state index contributed by atoms with van der Waals surface area (Å²) in [4.78, 5) is 5.33. The van der Waals surface area contributed by atoms with Crippen molar-refractivity contribution >= 4 is 27.3 Å². The van der Waals surface area contributed by atoms with Crippen molar-refractivity contribution in [3.05, 3.63) is 21.8 Å². The van der Waals surface area contributed by atoms with Crippen LogP contribution in [0, 0.1) is 5.92 Å². The van der Waals surface area contributed by atoms with Gasteiger partial charge in [-0.1, -0.05) is 18.0 Å². The van der Waals surface area contributed by atoms with Crippen LogP contribution in [0.4, 0.5) is 0 Å². The zero-order chi connectivity index (χ0) is 13.2. The second kappa shape index (κ2) is 5.73. The Hall–Kier alpha value is -0.720. The molecule has 0 bridgehead atoms. The van der Waals surface area contributed by atoms with E-state index in [0.717, 1.165) is 21.5 Å². The second-order valence-electron chi connectivity index (χ2n) is 4.93. The number of aliphatic hydroxyl groups is 1. The third-order valence-corrected chi connectivity index (χ3v) is 5.21. The third-order valence-electron chi connectivity index (χ3n) is 3.59. The van der Waals surface area contributed by atoms with Crippen LogP contribution in [0.25, 0.3) is 10.7 Å². The summed E-state index contributed by atoms with van der Waals surface area (Å²) in [6.45, 7) is 0. The van der Waals surface area contributed by atoms with Gasteiger partial charge in [-0.3, -0.25) is 0 Å². The Morgan fingerprint density at radius 1 is 1.42 bits per heavy atom. The molecule has 19 heavy (non-hydrogen) atoms. The molecule has 1 aliphatic rings. The first-order valence-electron chi connectivity index (χ1n) is 6.49. The molecule has 0 spiro atoms. The smallest absolute Gasteiger partial charge is 0.229 e. The summed E-state index contributed by atoms with van der Waals surface area (Å²) in [6, 6.07) is 3.92. The van der Waals surface area contributed by atoms with E-state index in [0.29, 0.717) is 24.1 Å². The van der Waals surface area contributed by atoms with Crippen molar-refractivity contribution in [2.45, 2.75) is 38.2 Å². The van der Waals surface area contributed by atoms with E-state index in [9.17, 15) is 5.11 Å². The molecular weight excluding hydrogens is 328 g/mol. The largest absolute Gasteiger partial charge is 0.392 e. The minimum absolute atomic E-state index is 0.356. The van der Waals surface area contributed by atoms with Crippen LogP contribution in [0.3, 0.4) is 0 Å². The van der Waals surface area contributed by atoms with Gasteiger partial charge in [-0.2, -0.15) is 4.98 Å². The number of hydrogen-bond acceptors (Lipinski definition) is 5. The summed E-state index contributed by atoms with van der Waals surface area (Å²) in [5, 5.41) is 14.1. The van der Waals surface area contributed by atoms with Gasteiger partial charge in [0.1, 0.15) is 0 Å². The Bertz CT molecular complexity index is 548. The van der Waals surface area contributed by atoms with E-state index in [2.05, 4.69) is 26.1 Å². The van der Waals surface area contributed by atoms with Crippen LogP contribution in [0.5, 0.6) is 0 Å². The van der Waals surface area contributed by atoms with Gasteiger partial charge in [0.05, 0.1) is 21.2 Å². The maximum Gasteiger partial charge on any atom is 0.229 e. The molecule has 1 fully saturated rings. The Balaban J connectivity index is 1.67. The van der Waals surface area contributed by atoms with Crippen molar-refractivity contribution in [2.24, 2.45) is 5.92 Å². The summed E-state index contributed by atoms with van der Waals surface area (Å²) in [5.74, 6) is 1.52. The van der Waals surface area contributed by atoms with Crippen LogP contribution in [-0.2, 0) is 6.42 Å². The number of hydrogen-bond donors (Lipinski definition) is 1. The van der Waals surface area contributed by atoms with Gasteiger partial charge in [0.15, 0.2) is 0 Å². The van der Waals surface area contributed by atoms with E-state index in [4.69, 9.17) is 4.52 Å². The van der Waals surface area contributed by atoms with E-state index in [-0.39, 0.29) is 6.10 Å². The van der Waals surface area contributed by atoms with Gasteiger partial charge in [0.25, 0.3) is 0 Å². The van der Waals surface area contributed by atoms with Crippen molar-refractivity contribution < 1.29 is 9.63 Å². The highest BCUT2D eigenvalue weighted by Crippen LogP contribution is 2.31. The maximum atomic E-state index is 10.2. The van der Waals surface area contributed by atoms with Crippen LogP contribution in [0.15, 0.2) is 20.4 Å². The van der Waals surface area contributed by atoms with Crippen molar-refractivity contribution in [3.8, 4) is 10.7 Å². The fourth-order valence-electron chi connectivity index (χ4n) is 2.56. The van der Waals surface area contributed by atoms with Crippen LogP contribution in [0.1, 0.15) is 31.6 Å². The lowest BCUT2D eigenvalue weighted by Crippen LogP contribution is -2.20. The molecule has 0 amide bonds. The predicted octanol–water partition coefficient (Wildman–Crippen LogP) is 3.65. The Labute approximate surface area is 124 Å². The minimum Gasteiger partial charge on any atom is -0.392 e. The van der Waals surface area contributed by atoms with Crippen molar-refractivity contribution in [2.75, 3.05) is 0 Å². The normalized spacial score (nSPS) is 18.0. The number of thiophene rings is 1. The molecule has 0 aliphatic heterocycles. The van der Waals surface area contributed by atoms with Crippen LogP contribution < -0.4 is 0 Å². The molecule has 2 heterocycles. The van der Waals surface area contributed by atoms with E-state index < -0.39 is 0 Å². The fraction of sp³-hybridized carbons (Fsp3) is 0.538. The van der Waals surface area contributed by atoms with Gasteiger partial charge in [-0.25, -0.2) is 0 Å². The Morgan fingerprint density at radius 2 is 2.21 bits per heavy atom. The summed E-state index contributed by atoms with van der Waals surface area (Å²) in [6.07, 6.45) is 4.77. The molecule has 1 N–H and O–H groups in total. The Kier molecular flexibility index (Phi) is 4.00. The zero-order valence-corrected chi connectivity index (χ0v) is 12.8. The van der Waals surface area contributed by atoms with E-state index in [1.54, 1.807) is 11.3 Å². The first kappa shape index (κ1) is 13.3. The molecule has 4 nitrogen and oxygen atoms in total. The molecule has 0 saturated heterocycles. The lowest BCUT2D eigenvalue weighted by molar-refractivity contribution is 0.102. The SMILES string of the molecule is OC(Cc1nc(-c2ccc(Br)s2)no1)C1CCCC1. The lowest BCUT2D eigenvalue weighted by atomic mass is 9.98. The standard InChI is InChI=1S/C13H15BrN2O2S/c14-11-6-5-10(19-11)13-15-12(18-16-13)7-9(17)8-3-1-2-4-8/h5-6,8-9,17H,1-4,7H2. The number of aromatic nitrogens is 2. The molecule has 2 aromatic heterocycles. The number of rotatable bonds is 4. The summed E-state index contributed by atoms with van der Waals surface area (Å²) in [7, 11) is 0. The summed E-state index contributed by atoms with van der Waals surface area (Å²) in [5.41, 5.74) is 0. The average molecular weight is 343 g/mol. The van der Waals surface area contributed by atoms with Gasteiger partial charge in [0, 0.05) is 0 Å². The van der Waals surface area contributed by atoms with Crippen LogP contribution in [0.2, 0.25) is 0 Å². The van der Waals surface area contributed by atoms with Crippen LogP contribution in [-0.4, -0.2) is 21.4 Å². The molecule has 0 radical (unpaired) electrons. The van der Waals surface area contributed by atoms with Crippen molar-refractivity contribution in [1.29, 1.82) is 0 Å². The molecule has 2 aromatic rings. The minimum atomic E-state index is -0.356. The zero-order valence-electron chi connectivity index (χ0n) is 10.4. The average Bonchev–Trinajstić information content (AvgIpc) is 3.07. The highest BCUT2D eigenvalue weighted by atomic mass is 79.9. The topological polar surface area (TPSA) is 59.2 Å².